The van der Waals surface area contributed by atoms with Crippen molar-refractivity contribution >= 4 is 11.9 Å². The fourth-order valence-corrected chi connectivity index (χ4v) is 3.17. The third kappa shape index (κ3) is 3.51. The van der Waals surface area contributed by atoms with Crippen LogP contribution < -0.4 is 0 Å². The second-order valence-electron chi connectivity index (χ2n) is 6.47. The minimum Gasteiger partial charge on any atom is -0.481 e. The van der Waals surface area contributed by atoms with E-state index >= 15 is 0 Å². The maximum Gasteiger partial charge on any atom is 0.311 e. The Bertz CT molecular complexity index is 384. The minimum absolute atomic E-state index is 0.0697. The third-order valence-corrected chi connectivity index (χ3v) is 4.57. The fourth-order valence-electron chi connectivity index (χ4n) is 3.17. The lowest BCUT2D eigenvalue weighted by atomic mass is 9.82. The molecule has 114 valence electrons. The fraction of sp³-hybridized carbons (Fsp3) is 0.867. The maximum atomic E-state index is 12.2. The van der Waals surface area contributed by atoms with Crippen molar-refractivity contribution in [3.05, 3.63) is 0 Å². The number of carboxylic acids is 1. The van der Waals surface area contributed by atoms with Gasteiger partial charge >= 0.3 is 5.97 Å². The van der Waals surface area contributed by atoms with Crippen molar-refractivity contribution in [2.75, 3.05) is 13.1 Å². The summed E-state index contributed by atoms with van der Waals surface area (Å²) in [4.78, 5) is 25.2. The Balaban J connectivity index is 1.81. The molecular weight excluding hydrogens is 258 g/mol. The number of hydrogen-bond donors (Lipinski definition) is 1. The molecule has 2 aliphatic rings. The Hall–Kier alpha value is -1.10. The molecule has 5 nitrogen and oxygen atoms in total. The molecule has 0 aromatic heterocycles. The predicted molar refractivity (Wildman–Crippen MR) is 74.4 cm³/mol. The summed E-state index contributed by atoms with van der Waals surface area (Å²) in [6.07, 6.45) is 5.24. The van der Waals surface area contributed by atoms with E-state index in [1.165, 1.54) is 0 Å². The molecule has 1 N–H and O–H groups in total. The molecule has 0 bridgehead atoms. The van der Waals surface area contributed by atoms with Crippen LogP contribution in [0.3, 0.4) is 0 Å². The van der Waals surface area contributed by atoms with E-state index in [4.69, 9.17) is 4.74 Å². The van der Waals surface area contributed by atoms with Crippen molar-refractivity contribution in [3.63, 3.8) is 0 Å². The van der Waals surface area contributed by atoms with Crippen LogP contribution in [0.15, 0.2) is 0 Å². The molecule has 0 radical (unpaired) electrons. The maximum absolute atomic E-state index is 12.2. The number of amides is 1. The molecule has 0 aromatic rings. The molecule has 1 amide bonds. The zero-order valence-corrected chi connectivity index (χ0v) is 12.4. The molecule has 0 aliphatic carbocycles. The molecule has 2 rings (SSSR count). The Morgan fingerprint density at radius 2 is 2.15 bits per heavy atom. The number of carbonyl (C=O) groups excluding carboxylic acids is 1. The van der Waals surface area contributed by atoms with Crippen LogP contribution in [-0.4, -0.2) is 47.2 Å². The molecular formula is C15H25NO4. The van der Waals surface area contributed by atoms with Crippen molar-refractivity contribution in [2.24, 2.45) is 5.41 Å². The summed E-state index contributed by atoms with van der Waals surface area (Å²) in [5.74, 6) is -0.733. The number of carboxylic acid groups (broad SMARTS) is 1. The Morgan fingerprint density at radius 3 is 2.75 bits per heavy atom. The lowest BCUT2D eigenvalue weighted by Crippen LogP contribution is -2.48. The van der Waals surface area contributed by atoms with Crippen molar-refractivity contribution in [1.82, 2.24) is 4.90 Å². The van der Waals surface area contributed by atoms with Gasteiger partial charge in [0.25, 0.3) is 0 Å². The van der Waals surface area contributed by atoms with Crippen LogP contribution in [0, 0.1) is 5.41 Å². The minimum atomic E-state index is -0.803. The first-order valence-corrected chi connectivity index (χ1v) is 7.57. The van der Waals surface area contributed by atoms with Gasteiger partial charge in [0, 0.05) is 19.5 Å². The number of ether oxygens (including phenoxy) is 1. The highest BCUT2D eigenvalue weighted by Crippen LogP contribution is 2.30. The summed E-state index contributed by atoms with van der Waals surface area (Å²) in [6, 6.07) is 0. The number of aliphatic carboxylic acids is 1. The van der Waals surface area contributed by atoms with E-state index in [9.17, 15) is 14.7 Å². The molecule has 0 aromatic carbocycles. The molecule has 3 atom stereocenters. The number of likely N-dealkylation sites (tertiary alicyclic amines) is 1. The zero-order valence-electron chi connectivity index (χ0n) is 12.4. The molecule has 0 spiro atoms. The van der Waals surface area contributed by atoms with E-state index in [1.54, 1.807) is 11.8 Å². The van der Waals surface area contributed by atoms with Crippen LogP contribution in [0.2, 0.25) is 0 Å². The van der Waals surface area contributed by atoms with Gasteiger partial charge in [-0.25, -0.2) is 0 Å². The molecule has 3 unspecified atom stereocenters. The van der Waals surface area contributed by atoms with Crippen LogP contribution >= 0.6 is 0 Å². The lowest BCUT2D eigenvalue weighted by molar-refractivity contribution is -0.153. The van der Waals surface area contributed by atoms with E-state index in [0.717, 1.165) is 25.7 Å². The van der Waals surface area contributed by atoms with Crippen molar-refractivity contribution in [2.45, 2.75) is 64.6 Å². The van der Waals surface area contributed by atoms with Crippen molar-refractivity contribution in [1.29, 1.82) is 0 Å². The van der Waals surface area contributed by atoms with Gasteiger partial charge in [0.05, 0.1) is 17.6 Å². The number of nitrogens with zero attached hydrogens (tertiary/aromatic N) is 1. The van der Waals surface area contributed by atoms with E-state index < -0.39 is 11.4 Å². The van der Waals surface area contributed by atoms with E-state index in [0.29, 0.717) is 32.0 Å². The van der Waals surface area contributed by atoms with Gasteiger partial charge in [-0.2, -0.15) is 0 Å². The van der Waals surface area contributed by atoms with Crippen LogP contribution in [-0.2, 0) is 14.3 Å². The standard InChI is InChI=1S/C15H25NO4/c1-11-4-5-12(20-11)6-7-13(17)16-9-3-8-15(2,10-16)14(18)19/h11-12H,3-10H2,1-2H3,(H,18,19). The largest absolute Gasteiger partial charge is 0.481 e. The molecule has 5 heteroatoms. The van der Waals surface area contributed by atoms with Crippen LogP contribution in [0.25, 0.3) is 0 Å². The van der Waals surface area contributed by atoms with Crippen LogP contribution in [0.1, 0.15) is 52.4 Å². The second kappa shape index (κ2) is 6.12. The number of hydrogen-bond acceptors (Lipinski definition) is 3. The molecule has 2 aliphatic heterocycles. The van der Waals surface area contributed by atoms with Gasteiger partial charge in [0.2, 0.25) is 5.91 Å². The molecule has 2 saturated heterocycles. The summed E-state index contributed by atoms with van der Waals surface area (Å²) in [5.41, 5.74) is -0.785. The normalized spacial score (nSPS) is 34.2. The number of rotatable bonds is 4. The lowest BCUT2D eigenvalue weighted by Gasteiger charge is -2.37. The van der Waals surface area contributed by atoms with Gasteiger partial charge in [-0.1, -0.05) is 0 Å². The van der Waals surface area contributed by atoms with Gasteiger partial charge in [-0.05, 0) is 46.0 Å². The first-order valence-electron chi connectivity index (χ1n) is 7.57. The highest BCUT2D eigenvalue weighted by molar-refractivity contribution is 5.79. The summed E-state index contributed by atoms with van der Waals surface area (Å²) in [6.45, 7) is 4.81. The quantitative estimate of drug-likeness (QED) is 0.857. The third-order valence-electron chi connectivity index (χ3n) is 4.57. The molecule has 20 heavy (non-hydrogen) atoms. The molecule has 0 saturated carbocycles. The van der Waals surface area contributed by atoms with Gasteiger partial charge in [-0.3, -0.25) is 9.59 Å². The highest BCUT2D eigenvalue weighted by Gasteiger charge is 2.39. The first-order chi connectivity index (χ1) is 9.40. The predicted octanol–water partition coefficient (Wildman–Crippen LogP) is 2.05. The number of piperidine rings is 1. The van der Waals surface area contributed by atoms with Gasteiger partial charge in [0.1, 0.15) is 0 Å². The highest BCUT2D eigenvalue weighted by atomic mass is 16.5. The Labute approximate surface area is 120 Å². The van der Waals surface area contributed by atoms with Crippen LogP contribution in [0.5, 0.6) is 0 Å². The monoisotopic (exact) mass is 283 g/mol. The first kappa shape index (κ1) is 15.3. The van der Waals surface area contributed by atoms with Gasteiger partial charge in [0.15, 0.2) is 0 Å². The average molecular weight is 283 g/mol. The van der Waals surface area contributed by atoms with E-state index in [1.807, 2.05) is 0 Å². The Kier molecular flexibility index (Phi) is 4.68. The SMILES string of the molecule is CC1CCC(CCC(=O)N2CCCC(C)(C(=O)O)C2)O1. The topological polar surface area (TPSA) is 66.8 Å². The Morgan fingerprint density at radius 1 is 1.40 bits per heavy atom. The van der Waals surface area contributed by atoms with Crippen molar-refractivity contribution < 1.29 is 19.4 Å². The summed E-state index contributed by atoms with van der Waals surface area (Å²) < 4.78 is 5.71. The molecule has 2 fully saturated rings. The van der Waals surface area contributed by atoms with Crippen LogP contribution in [0.4, 0.5) is 0 Å². The van der Waals surface area contributed by atoms with E-state index in [2.05, 4.69) is 6.92 Å². The van der Waals surface area contributed by atoms with Crippen molar-refractivity contribution in [3.8, 4) is 0 Å². The van der Waals surface area contributed by atoms with Gasteiger partial charge < -0.3 is 14.7 Å². The molecule has 2 heterocycles. The summed E-state index contributed by atoms with van der Waals surface area (Å²) in [7, 11) is 0. The second-order valence-corrected chi connectivity index (χ2v) is 6.47. The zero-order chi connectivity index (χ0) is 14.8. The smallest absolute Gasteiger partial charge is 0.311 e. The van der Waals surface area contributed by atoms with E-state index in [-0.39, 0.29) is 12.0 Å². The summed E-state index contributed by atoms with van der Waals surface area (Å²) in [5, 5.41) is 9.27. The van der Waals surface area contributed by atoms with Gasteiger partial charge in [-0.15, -0.1) is 0 Å². The average Bonchev–Trinajstić information content (AvgIpc) is 2.81. The summed E-state index contributed by atoms with van der Waals surface area (Å²) >= 11 is 0. The number of carbonyl (C=O) groups is 2.